The summed E-state index contributed by atoms with van der Waals surface area (Å²) in [6, 6.07) is 2.17. The molecule has 3 aliphatic carbocycles. The summed E-state index contributed by atoms with van der Waals surface area (Å²) in [5.41, 5.74) is 7.87. The summed E-state index contributed by atoms with van der Waals surface area (Å²) in [4.78, 5) is 31.5. The summed E-state index contributed by atoms with van der Waals surface area (Å²) in [5.74, 6) is 3.00. The van der Waals surface area contributed by atoms with Gasteiger partial charge in [-0.3, -0.25) is 9.59 Å². The van der Waals surface area contributed by atoms with Crippen molar-refractivity contribution in [1.82, 2.24) is 9.88 Å². The molecule has 0 unspecified atom stereocenters. The number of carbonyl (C=O) groups is 2. The number of rotatable bonds is 3. The third-order valence-corrected chi connectivity index (χ3v) is 10.2. The minimum absolute atomic E-state index is 0.0276. The third kappa shape index (κ3) is 3.39. The van der Waals surface area contributed by atoms with Crippen molar-refractivity contribution >= 4 is 23.3 Å². The van der Waals surface area contributed by atoms with Gasteiger partial charge in [0.25, 0.3) is 0 Å². The Morgan fingerprint density at radius 1 is 1.21 bits per heavy atom. The lowest BCUT2D eigenvalue weighted by Gasteiger charge is -2.60. The van der Waals surface area contributed by atoms with E-state index in [-0.39, 0.29) is 22.6 Å². The van der Waals surface area contributed by atoms with Crippen LogP contribution in [0.2, 0.25) is 0 Å². The van der Waals surface area contributed by atoms with E-state index in [9.17, 15) is 9.59 Å². The van der Waals surface area contributed by atoms with E-state index in [1.807, 2.05) is 24.9 Å². The lowest BCUT2D eigenvalue weighted by atomic mass is 9.47. The molecule has 3 saturated carbocycles. The van der Waals surface area contributed by atoms with Gasteiger partial charge in [0.1, 0.15) is 0 Å². The highest BCUT2D eigenvalue weighted by molar-refractivity contribution is 5.93. The van der Waals surface area contributed by atoms with Gasteiger partial charge in [0.05, 0.1) is 5.69 Å². The van der Waals surface area contributed by atoms with E-state index in [1.54, 1.807) is 12.3 Å². The van der Waals surface area contributed by atoms with Crippen LogP contribution < -0.4 is 11.1 Å². The molecule has 0 radical (unpaired) electrons. The molecule has 0 aromatic carbocycles. The number of hydrogen-bond donors (Lipinski definition) is 2. The van der Waals surface area contributed by atoms with E-state index in [1.165, 1.54) is 19.3 Å². The Morgan fingerprint density at radius 2 is 2.00 bits per heavy atom. The average molecular weight is 451 g/mol. The molecule has 5 rings (SSSR count). The van der Waals surface area contributed by atoms with Crippen LogP contribution in [0.1, 0.15) is 64.4 Å². The van der Waals surface area contributed by atoms with Crippen molar-refractivity contribution in [2.24, 2.45) is 34.5 Å². The van der Waals surface area contributed by atoms with Crippen LogP contribution in [0, 0.1) is 41.4 Å². The standard InChI is InChI=1S/C27H38N4O2/c1-16-11-14-29-25(24(16)28)30-22(32)15-17-5-7-19-18-6-8-21-27(3,13-10-23(33)31(21)4)20(18)9-12-26(17,19)2/h10-11,13-14,17-21H,5-9,12,15,28H2,1-4H3,(H,29,30,32)/t17-,18+,19+,20+,21-,26-,27-/m1/s1. The molecule has 178 valence electrons. The zero-order valence-corrected chi connectivity index (χ0v) is 20.4. The van der Waals surface area contributed by atoms with Crippen LogP contribution in [0.4, 0.5) is 11.5 Å². The highest BCUT2D eigenvalue weighted by atomic mass is 16.2. The number of pyridine rings is 1. The number of aryl methyl sites for hydroxylation is 1. The first-order valence-electron chi connectivity index (χ1n) is 12.6. The minimum atomic E-state index is 0.0276. The number of hydrogen-bond acceptors (Lipinski definition) is 4. The number of carbonyl (C=O) groups excluding carboxylic acids is 2. The van der Waals surface area contributed by atoms with Crippen molar-refractivity contribution in [3.63, 3.8) is 0 Å². The molecule has 6 heteroatoms. The minimum Gasteiger partial charge on any atom is -0.396 e. The normalized spacial score (nSPS) is 39.6. The van der Waals surface area contributed by atoms with E-state index in [2.05, 4.69) is 30.2 Å². The quantitative estimate of drug-likeness (QED) is 0.707. The van der Waals surface area contributed by atoms with Crippen molar-refractivity contribution in [2.45, 2.75) is 71.8 Å². The first-order chi connectivity index (χ1) is 15.6. The smallest absolute Gasteiger partial charge is 0.246 e. The number of amides is 2. The van der Waals surface area contributed by atoms with Gasteiger partial charge in [-0.05, 0) is 92.2 Å². The molecule has 3 N–H and O–H groups in total. The summed E-state index contributed by atoms with van der Waals surface area (Å²) in [6.07, 6.45) is 13.2. The molecule has 3 fully saturated rings. The van der Waals surface area contributed by atoms with Crippen LogP contribution in [0.5, 0.6) is 0 Å². The topological polar surface area (TPSA) is 88.3 Å². The van der Waals surface area contributed by atoms with Gasteiger partial charge in [0.15, 0.2) is 5.82 Å². The fourth-order valence-electron chi connectivity index (χ4n) is 8.26. The maximum absolute atomic E-state index is 13.0. The SMILES string of the molecule is Cc1ccnc(NC(=O)C[C@H]2CC[C@H]3[C@@H]4CC[C@H]5N(C)C(=O)C=C[C@]5(C)[C@H]4CC[C@]23C)c1N. The fraction of sp³-hybridized carbons (Fsp3) is 0.667. The predicted molar refractivity (Wildman–Crippen MR) is 130 cm³/mol. The van der Waals surface area contributed by atoms with Crippen LogP contribution in [-0.2, 0) is 9.59 Å². The summed E-state index contributed by atoms with van der Waals surface area (Å²) >= 11 is 0. The first kappa shape index (κ1) is 22.4. The zero-order valence-electron chi connectivity index (χ0n) is 20.4. The number of fused-ring (bicyclic) bond motifs is 5. The Balaban J connectivity index is 1.32. The average Bonchev–Trinajstić information content (AvgIpc) is 3.10. The molecule has 1 aromatic rings. The number of likely N-dealkylation sites (N-methyl/N-ethyl adjacent to an activating group) is 1. The number of nitrogens with one attached hydrogen (secondary N) is 1. The Kier molecular flexibility index (Phi) is 5.33. The number of nitrogens with zero attached hydrogens (tertiary/aromatic N) is 2. The summed E-state index contributed by atoms with van der Waals surface area (Å²) < 4.78 is 0. The molecule has 2 amide bonds. The fourth-order valence-corrected chi connectivity index (χ4v) is 8.26. The number of nitrogen functional groups attached to an aromatic ring is 1. The lowest BCUT2D eigenvalue weighted by molar-refractivity contribution is -0.139. The number of nitrogens with two attached hydrogens (primary N) is 1. The van der Waals surface area contributed by atoms with Crippen LogP contribution in [-0.4, -0.2) is 34.8 Å². The van der Waals surface area contributed by atoms with Crippen LogP contribution in [0.15, 0.2) is 24.4 Å². The molecule has 1 aliphatic heterocycles. The van der Waals surface area contributed by atoms with Gasteiger partial charge in [0.2, 0.25) is 11.8 Å². The maximum Gasteiger partial charge on any atom is 0.246 e. The van der Waals surface area contributed by atoms with Gasteiger partial charge in [-0.1, -0.05) is 19.9 Å². The summed E-state index contributed by atoms with van der Waals surface area (Å²) in [5, 5.41) is 2.98. The van der Waals surface area contributed by atoms with E-state index in [0.717, 1.165) is 24.8 Å². The van der Waals surface area contributed by atoms with Crippen LogP contribution in [0.25, 0.3) is 0 Å². The van der Waals surface area contributed by atoms with Gasteiger partial charge < -0.3 is 16.0 Å². The molecule has 7 atom stereocenters. The molecule has 0 bridgehead atoms. The van der Waals surface area contributed by atoms with Gasteiger partial charge in [-0.2, -0.15) is 0 Å². The van der Waals surface area contributed by atoms with Gasteiger partial charge in [-0.15, -0.1) is 0 Å². The van der Waals surface area contributed by atoms with Gasteiger partial charge in [0, 0.05) is 31.1 Å². The van der Waals surface area contributed by atoms with Crippen LogP contribution >= 0.6 is 0 Å². The molecular formula is C27H38N4O2. The van der Waals surface area contributed by atoms with Gasteiger partial charge >= 0.3 is 0 Å². The van der Waals surface area contributed by atoms with Crippen molar-refractivity contribution in [2.75, 3.05) is 18.1 Å². The van der Waals surface area contributed by atoms with E-state index in [0.29, 0.717) is 47.6 Å². The Morgan fingerprint density at radius 3 is 2.79 bits per heavy atom. The zero-order chi connectivity index (χ0) is 23.5. The molecular weight excluding hydrogens is 412 g/mol. The second-order valence-electron chi connectivity index (χ2n) is 11.6. The molecule has 6 nitrogen and oxygen atoms in total. The molecule has 4 aliphatic rings. The maximum atomic E-state index is 13.0. The second-order valence-corrected chi connectivity index (χ2v) is 11.6. The highest BCUT2D eigenvalue weighted by Gasteiger charge is 2.60. The highest BCUT2D eigenvalue weighted by Crippen LogP contribution is 2.65. The summed E-state index contributed by atoms with van der Waals surface area (Å²) in [6.45, 7) is 6.76. The first-order valence-corrected chi connectivity index (χ1v) is 12.6. The molecule has 33 heavy (non-hydrogen) atoms. The molecule has 0 saturated heterocycles. The van der Waals surface area contributed by atoms with Crippen molar-refractivity contribution in [3.05, 3.63) is 30.0 Å². The monoisotopic (exact) mass is 450 g/mol. The number of anilines is 2. The lowest BCUT2D eigenvalue weighted by Crippen LogP contribution is -2.59. The molecule has 1 aromatic heterocycles. The van der Waals surface area contributed by atoms with Crippen molar-refractivity contribution in [1.29, 1.82) is 0 Å². The van der Waals surface area contributed by atoms with Gasteiger partial charge in [-0.25, -0.2) is 4.98 Å². The Labute approximate surface area is 197 Å². The third-order valence-electron chi connectivity index (χ3n) is 10.2. The van der Waals surface area contributed by atoms with E-state index >= 15 is 0 Å². The predicted octanol–water partition coefficient (Wildman–Crippen LogP) is 4.56. The Bertz CT molecular complexity index is 1010. The van der Waals surface area contributed by atoms with Crippen LogP contribution in [0.3, 0.4) is 0 Å². The summed E-state index contributed by atoms with van der Waals surface area (Å²) in [7, 11) is 1.97. The van der Waals surface area contributed by atoms with E-state index in [4.69, 9.17) is 5.73 Å². The van der Waals surface area contributed by atoms with Crippen molar-refractivity contribution < 1.29 is 9.59 Å². The molecule has 2 heterocycles. The largest absolute Gasteiger partial charge is 0.396 e. The second kappa shape index (κ2) is 7.85. The number of aromatic nitrogens is 1. The Hall–Kier alpha value is -2.37. The van der Waals surface area contributed by atoms with Crippen molar-refractivity contribution in [3.8, 4) is 0 Å². The van der Waals surface area contributed by atoms with E-state index < -0.39 is 0 Å². The molecule has 0 spiro atoms.